The Balaban J connectivity index is 1.21. The van der Waals surface area contributed by atoms with Crippen LogP contribution < -0.4 is 15.2 Å². The van der Waals surface area contributed by atoms with Crippen molar-refractivity contribution < 1.29 is 18.9 Å². The third-order valence-corrected chi connectivity index (χ3v) is 13.3. The van der Waals surface area contributed by atoms with Crippen LogP contribution in [0.15, 0.2) is 35.5 Å². The lowest BCUT2D eigenvalue weighted by Crippen LogP contribution is -2.57. The van der Waals surface area contributed by atoms with Crippen molar-refractivity contribution in [1.29, 1.82) is 0 Å². The number of nitrogens with zero attached hydrogens (tertiary/aromatic N) is 1. The molecule has 0 saturated heterocycles. The van der Waals surface area contributed by atoms with Gasteiger partial charge in [0.05, 0.1) is 25.0 Å². The predicted molar refractivity (Wildman–Crippen MR) is 162 cm³/mol. The minimum atomic E-state index is -1.04. The van der Waals surface area contributed by atoms with E-state index in [4.69, 9.17) is 13.8 Å². The summed E-state index contributed by atoms with van der Waals surface area (Å²) in [5, 5.41) is 14.1. The standard InChI is InChI=1S/C33H51N2O4P/c1-6-38-40(39-7-2)21-37-26-10-8-9-25(17-26)35-29-16-13-24-12-14-27-28-15-11-22(3)32(28,4)19-30(36)31(27)33(24,5)18-23(29)20-34-35/h8-10,17,22,24,27-28,30-31,34,36H,6-7,11-16,18-21H2,1-5H3. The first-order valence-corrected chi connectivity index (χ1v) is 17.3. The van der Waals surface area contributed by atoms with Crippen LogP contribution in [-0.2, 0) is 9.05 Å². The molecular formula is C33H51N2O4P. The van der Waals surface area contributed by atoms with Gasteiger partial charge in [-0.1, -0.05) is 26.8 Å². The van der Waals surface area contributed by atoms with Crippen molar-refractivity contribution in [3.8, 4) is 5.75 Å². The first-order valence-electron chi connectivity index (χ1n) is 16.0. The van der Waals surface area contributed by atoms with E-state index in [1.54, 1.807) is 5.57 Å². The smallest absolute Gasteiger partial charge is 0.211 e. The fourth-order valence-electron chi connectivity index (χ4n) is 9.90. The molecule has 40 heavy (non-hydrogen) atoms. The Morgan fingerprint density at radius 2 is 1.85 bits per heavy atom. The van der Waals surface area contributed by atoms with E-state index in [2.05, 4.69) is 49.4 Å². The number of aliphatic hydroxyl groups is 1. The third kappa shape index (κ3) is 4.94. The first kappa shape index (κ1) is 28.9. The summed E-state index contributed by atoms with van der Waals surface area (Å²) < 4.78 is 17.6. The van der Waals surface area contributed by atoms with E-state index in [0.717, 1.165) is 49.1 Å². The van der Waals surface area contributed by atoms with Crippen LogP contribution in [0.4, 0.5) is 5.69 Å². The molecule has 6 rings (SSSR count). The molecule has 3 fully saturated rings. The van der Waals surface area contributed by atoms with E-state index >= 15 is 0 Å². The Bertz CT molecular complexity index is 1090. The summed E-state index contributed by atoms with van der Waals surface area (Å²) in [7, 11) is -1.04. The lowest BCUT2D eigenvalue weighted by atomic mass is 9.45. The molecule has 6 nitrogen and oxygen atoms in total. The highest BCUT2D eigenvalue weighted by Gasteiger charge is 2.62. The van der Waals surface area contributed by atoms with E-state index in [9.17, 15) is 5.11 Å². The van der Waals surface area contributed by atoms with Gasteiger partial charge in [0, 0.05) is 18.3 Å². The number of allylic oxidation sites excluding steroid dienone is 1. The Labute approximate surface area is 243 Å². The van der Waals surface area contributed by atoms with Crippen LogP contribution in [0.1, 0.15) is 86.0 Å². The molecule has 0 spiro atoms. The van der Waals surface area contributed by atoms with Gasteiger partial charge in [0.2, 0.25) is 8.38 Å². The number of benzene rings is 1. The quantitative estimate of drug-likeness (QED) is 0.313. The van der Waals surface area contributed by atoms with Crippen molar-refractivity contribution >= 4 is 14.1 Å². The lowest BCUT2D eigenvalue weighted by Gasteiger charge is -2.60. The summed E-state index contributed by atoms with van der Waals surface area (Å²) in [6.45, 7) is 13.6. The number of rotatable bonds is 8. The molecule has 8 atom stereocenters. The van der Waals surface area contributed by atoms with Crippen molar-refractivity contribution in [1.82, 2.24) is 5.43 Å². The summed E-state index contributed by atoms with van der Waals surface area (Å²) in [6.07, 6.45) is 10.0. The van der Waals surface area contributed by atoms with Crippen molar-refractivity contribution in [3.63, 3.8) is 0 Å². The maximum Gasteiger partial charge on any atom is 0.211 e. The van der Waals surface area contributed by atoms with Crippen LogP contribution in [0.2, 0.25) is 0 Å². The summed E-state index contributed by atoms with van der Waals surface area (Å²) in [6, 6.07) is 8.41. The lowest BCUT2D eigenvalue weighted by molar-refractivity contribution is -0.158. The van der Waals surface area contributed by atoms with Gasteiger partial charge in [-0.3, -0.25) is 5.01 Å². The first-order chi connectivity index (χ1) is 19.3. The molecule has 2 N–H and O–H groups in total. The van der Waals surface area contributed by atoms with Gasteiger partial charge in [0.25, 0.3) is 0 Å². The molecule has 8 unspecified atom stereocenters. The number of hydrogen-bond donors (Lipinski definition) is 2. The second kappa shape index (κ2) is 11.5. The van der Waals surface area contributed by atoms with Crippen LogP contribution >= 0.6 is 8.38 Å². The Morgan fingerprint density at radius 3 is 2.62 bits per heavy atom. The number of hydrogen-bond acceptors (Lipinski definition) is 6. The largest absolute Gasteiger partial charge is 0.484 e. The van der Waals surface area contributed by atoms with Crippen molar-refractivity contribution in [2.45, 2.75) is 92.1 Å². The number of anilines is 1. The molecule has 3 saturated carbocycles. The van der Waals surface area contributed by atoms with E-state index in [1.807, 2.05) is 19.9 Å². The molecule has 0 aromatic heterocycles. The molecular weight excluding hydrogens is 519 g/mol. The average Bonchev–Trinajstić information content (AvgIpc) is 3.41. The Kier molecular flexibility index (Phi) is 8.31. The van der Waals surface area contributed by atoms with E-state index < -0.39 is 8.38 Å². The monoisotopic (exact) mass is 570 g/mol. The zero-order valence-corrected chi connectivity index (χ0v) is 26.2. The second-order valence-corrected chi connectivity index (χ2v) is 15.1. The zero-order chi connectivity index (χ0) is 28.1. The third-order valence-electron chi connectivity index (χ3n) is 11.9. The van der Waals surface area contributed by atoms with Gasteiger partial charge in [-0.15, -0.1) is 0 Å². The molecule has 7 heteroatoms. The predicted octanol–water partition coefficient (Wildman–Crippen LogP) is 7.64. The number of hydrazine groups is 1. The summed E-state index contributed by atoms with van der Waals surface area (Å²) >= 11 is 0. The summed E-state index contributed by atoms with van der Waals surface area (Å²) in [5.41, 5.74) is 8.33. The van der Waals surface area contributed by atoms with Crippen LogP contribution in [0.3, 0.4) is 0 Å². The molecule has 222 valence electrons. The van der Waals surface area contributed by atoms with Gasteiger partial charge in [0.15, 0.2) is 6.35 Å². The fraction of sp³-hybridized carbons (Fsp3) is 0.758. The van der Waals surface area contributed by atoms with Crippen molar-refractivity contribution in [2.24, 2.45) is 40.4 Å². The highest BCUT2D eigenvalue weighted by molar-refractivity contribution is 7.47. The normalized spacial score (nSPS) is 39.0. The molecule has 4 aliphatic carbocycles. The van der Waals surface area contributed by atoms with Gasteiger partial charge in [0.1, 0.15) is 5.75 Å². The molecule has 1 aromatic rings. The average molecular weight is 571 g/mol. The minimum Gasteiger partial charge on any atom is -0.484 e. The van der Waals surface area contributed by atoms with Gasteiger partial charge in [-0.2, -0.15) is 0 Å². The number of aliphatic hydroxyl groups excluding tert-OH is 1. The molecule has 0 bridgehead atoms. The number of fused-ring (bicyclic) bond motifs is 5. The second-order valence-electron chi connectivity index (χ2n) is 13.7. The Hall–Kier alpha value is -1.17. The molecule has 1 aromatic carbocycles. The molecule has 1 heterocycles. The van der Waals surface area contributed by atoms with Gasteiger partial charge < -0.3 is 18.9 Å². The highest BCUT2D eigenvalue weighted by atomic mass is 31.2. The topological polar surface area (TPSA) is 63.2 Å². The summed E-state index contributed by atoms with van der Waals surface area (Å²) in [5.74, 6) is 4.16. The number of nitrogens with one attached hydrogen (secondary N) is 1. The molecule has 0 amide bonds. The van der Waals surface area contributed by atoms with E-state index in [1.165, 1.54) is 37.8 Å². The molecule has 0 radical (unpaired) electrons. The Morgan fingerprint density at radius 1 is 1.05 bits per heavy atom. The SMILES string of the molecule is CCOP(COc1cccc(N2NCC3=C2CCC2CCC4C5CCC(C)C5(C)CC(O)C4C2(C)C3)c1)OCC. The molecule has 5 aliphatic rings. The maximum atomic E-state index is 11.8. The van der Waals surface area contributed by atoms with Gasteiger partial charge in [-0.25, -0.2) is 5.43 Å². The van der Waals surface area contributed by atoms with Crippen molar-refractivity contribution in [2.75, 3.05) is 31.1 Å². The van der Waals surface area contributed by atoms with Crippen LogP contribution in [0.25, 0.3) is 0 Å². The zero-order valence-electron chi connectivity index (χ0n) is 25.3. The van der Waals surface area contributed by atoms with E-state index in [-0.39, 0.29) is 11.5 Å². The van der Waals surface area contributed by atoms with E-state index in [0.29, 0.717) is 42.7 Å². The van der Waals surface area contributed by atoms with Gasteiger partial charge >= 0.3 is 0 Å². The van der Waals surface area contributed by atoms with Crippen LogP contribution in [0, 0.1) is 40.4 Å². The fourth-order valence-corrected chi connectivity index (χ4v) is 11.0. The molecule has 1 aliphatic heterocycles. The van der Waals surface area contributed by atoms with Crippen LogP contribution in [-0.4, -0.2) is 37.3 Å². The summed E-state index contributed by atoms with van der Waals surface area (Å²) in [4.78, 5) is 0. The minimum absolute atomic E-state index is 0.167. The highest BCUT2D eigenvalue weighted by Crippen LogP contribution is 2.67. The van der Waals surface area contributed by atoms with Gasteiger partial charge in [-0.05, 0) is 123 Å². The maximum absolute atomic E-state index is 11.8. The number of ether oxygens (including phenoxy) is 1. The van der Waals surface area contributed by atoms with Crippen molar-refractivity contribution in [3.05, 3.63) is 35.5 Å². The van der Waals surface area contributed by atoms with Crippen LogP contribution in [0.5, 0.6) is 5.75 Å².